The van der Waals surface area contributed by atoms with Crippen LogP contribution in [0.25, 0.3) is 0 Å². The number of piperidine rings is 1. The van der Waals surface area contributed by atoms with Crippen LogP contribution in [0.15, 0.2) is 18.2 Å². The summed E-state index contributed by atoms with van der Waals surface area (Å²) < 4.78 is 0. The van der Waals surface area contributed by atoms with Crippen LogP contribution in [-0.4, -0.2) is 65.3 Å². The molecule has 1 aliphatic heterocycles. The molecule has 0 spiro atoms. The number of likely N-dealkylation sites (tertiary alicyclic amines) is 1. The average molecular weight is 293 g/mol. The van der Waals surface area contributed by atoms with Crippen molar-refractivity contribution in [1.82, 2.24) is 9.80 Å². The van der Waals surface area contributed by atoms with Crippen LogP contribution in [0.4, 0.5) is 5.69 Å². The Balaban J connectivity index is 2.20. The van der Waals surface area contributed by atoms with Gasteiger partial charge in [-0.2, -0.15) is 0 Å². The van der Waals surface area contributed by atoms with E-state index in [9.17, 15) is 15.0 Å². The van der Waals surface area contributed by atoms with Crippen LogP contribution in [0.2, 0.25) is 0 Å². The summed E-state index contributed by atoms with van der Waals surface area (Å²) in [5.74, 6) is -0.216. The van der Waals surface area contributed by atoms with E-state index in [4.69, 9.17) is 5.73 Å². The zero-order valence-corrected chi connectivity index (χ0v) is 12.3. The number of phenols is 1. The highest BCUT2D eigenvalue weighted by Crippen LogP contribution is 2.23. The van der Waals surface area contributed by atoms with E-state index >= 15 is 0 Å². The summed E-state index contributed by atoms with van der Waals surface area (Å²) in [6, 6.07) is 4.46. The number of aliphatic hydroxyl groups excluding tert-OH is 1. The molecule has 1 aliphatic rings. The number of rotatable bonds is 4. The first-order chi connectivity index (χ1) is 10.0. The third kappa shape index (κ3) is 3.65. The van der Waals surface area contributed by atoms with Gasteiger partial charge in [0.15, 0.2) is 0 Å². The molecule has 1 aromatic rings. The predicted molar refractivity (Wildman–Crippen MR) is 81.2 cm³/mol. The minimum atomic E-state index is -0.230. The highest BCUT2D eigenvalue weighted by Gasteiger charge is 2.28. The van der Waals surface area contributed by atoms with Gasteiger partial charge in [-0.3, -0.25) is 4.79 Å². The Hall–Kier alpha value is -1.79. The molecule has 2 rings (SSSR count). The SMILES string of the molecule is CN1CCC(N(CCO)C(=O)c2cc(O)ccc2N)CC1. The molecule has 0 unspecified atom stereocenters. The van der Waals surface area contributed by atoms with Crippen LogP contribution in [0.3, 0.4) is 0 Å². The van der Waals surface area contributed by atoms with Gasteiger partial charge in [0.1, 0.15) is 5.75 Å². The first kappa shape index (κ1) is 15.6. The molecular weight excluding hydrogens is 270 g/mol. The zero-order valence-electron chi connectivity index (χ0n) is 12.3. The molecule has 116 valence electrons. The van der Waals surface area contributed by atoms with Gasteiger partial charge in [0.05, 0.1) is 12.2 Å². The van der Waals surface area contributed by atoms with Crippen molar-refractivity contribution in [3.63, 3.8) is 0 Å². The molecule has 4 N–H and O–H groups in total. The fourth-order valence-corrected chi connectivity index (χ4v) is 2.75. The van der Waals surface area contributed by atoms with Crippen molar-refractivity contribution >= 4 is 11.6 Å². The van der Waals surface area contributed by atoms with Gasteiger partial charge in [0, 0.05) is 18.3 Å². The number of nitrogens with zero attached hydrogens (tertiary/aromatic N) is 2. The first-order valence-corrected chi connectivity index (χ1v) is 7.21. The van der Waals surface area contributed by atoms with Crippen LogP contribution in [0.5, 0.6) is 5.75 Å². The van der Waals surface area contributed by atoms with E-state index in [0.29, 0.717) is 11.3 Å². The zero-order chi connectivity index (χ0) is 15.4. The minimum Gasteiger partial charge on any atom is -0.508 e. The number of aliphatic hydroxyl groups is 1. The number of hydrogen-bond acceptors (Lipinski definition) is 5. The molecule has 0 aromatic heterocycles. The third-order valence-corrected chi connectivity index (χ3v) is 4.00. The summed E-state index contributed by atoms with van der Waals surface area (Å²) >= 11 is 0. The van der Waals surface area contributed by atoms with Crippen molar-refractivity contribution in [2.24, 2.45) is 0 Å². The summed E-state index contributed by atoms with van der Waals surface area (Å²) in [5.41, 5.74) is 6.48. The fraction of sp³-hybridized carbons (Fsp3) is 0.533. The smallest absolute Gasteiger partial charge is 0.256 e. The lowest BCUT2D eigenvalue weighted by Gasteiger charge is -2.37. The van der Waals surface area contributed by atoms with Crippen molar-refractivity contribution in [3.05, 3.63) is 23.8 Å². The summed E-state index contributed by atoms with van der Waals surface area (Å²) in [6.45, 7) is 2.05. The number of carbonyl (C=O) groups is 1. The van der Waals surface area contributed by atoms with Crippen molar-refractivity contribution in [2.45, 2.75) is 18.9 Å². The van der Waals surface area contributed by atoms with Crippen molar-refractivity contribution in [1.29, 1.82) is 0 Å². The monoisotopic (exact) mass is 293 g/mol. The molecule has 6 nitrogen and oxygen atoms in total. The molecule has 1 aromatic carbocycles. The van der Waals surface area contributed by atoms with Crippen LogP contribution < -0.4 is 5.73 Å². The number of phenolic OH excluding ortho intramolecular Hbond substituents is 1. The second-order valence-corrected chi connectivity index (χ2v) is 5.53. The number of nitrogen functional groups attached to an aromatic ring is 1. The number of aromatic hydroxyl groups is 1. The number of amides is 1. The maximum atomic E-state index is 12.7. The van der Waals surface area contributed by atoms with E-state index in [1.807, 2.05) is 0 Å². The molecule has 21 heavy (non-hydrogen) atoms. The van der Waals surface area contributed by atoms with E-state index in [-0.39, 0.29) is 30.9 Å². The van der Waals surface area contributed by atoms with Gasteiger partial charge in [0.25, 0.3) is 5.91 Å². The standard InChI is InChI=1S/C15H23N3O3/c1-17-6-4-11(5-7-17)18(8-9-19)15(21)13-10-12(20)2-3-14(13)16/h2-3,10-11,19-20H,4-9,16H2,1H3. The summed E-state index contributed by atoms with van der Waals surface area (Å²) in [6.07, 6.45) is 1.75. The van der Waals surface area contributed by atoms with Gasteiger partial charge in [-0.15, -0.1) is 0 Å². The summed E-state index contributed by atoms with van der Waals surface area (Å²) in [7, 11) is 2.06. The van der Waals surface area contributed by atoms with E-state index in [2.05, 4.69) is 11.9 Å². The number of nitrogens with two attached hydrogens (primary N) is 1. The summed E-state index contributed by atoms with van der Waals surface area (Å²) in [5, 5.41) is 18.8. The van der Waals surface area contributed by atoms with E-state index in [1.54, 1.807) is 4.90 Å². The largest absolute Gasteiger partial charge is 0.508 e. The minimum absolute atomic E-state index is 0.0138. The molecule has 1 heterocycles. The molecule has 0 atom stereocenters. The Kier molecular flexibility index (Phi) is 5.03. The highest BCUT2D eigenvalue weighted by molar-refractivity contribution is 5.99. The molecule has 6 heteroatoms. The fourth-order valence-electron chi connectivity index (χ4n) is 2.75. The van der Waals surface area contributed by atoms with Gasteiger partial charge >= 0.3 is 0 Å². The van der Waals surface area contributed by atoms with Crippen molar-refractivity contribution in [2.75, 3.05) is 39.0 Å². The topological polar surface area (TPSA) is 90.0 Å². The number of anilines is 1. The maximum absolute atomic E-state index is 12.7. The molecule has 1 saturated heterocycles. The van der Waals surface area contributed by atoms with Gasteiger partial charge in [0.2, 0.25) is 0 Å². The number of hydrogen-bond donors (Lipinski definition) is 3. The first-order valence-electron chi connectivity index (χ1n) is 7.21. The Morgan fingerprint density at radius 3 is 2.71 bits per heavy atom. The molecule has 0 radical (unpaired) electrons. The highest BCUT2D eigenvalue weighted by atomic mass is 16.3. The molecule has 1 amide bonds. The van der Waals surface area contributed by atoms with Crippen molar-refractivity contribution in [3.8, 4) is 5.75 Å². The normalized spacial score (nSPS) is 16.9. The van der Waals surface area contributed by atoms with Gasteiger partial charge in [-0.1, -0.05) is 0 Å². The number of benzene rings is 1. The van der Waals surface area contributed by atoms with Crippen LogP contribution in [0, 0.1) is 0 Å². The number of carbonyl (C=O) groups excluding carboxylic acids is 1. The Morgan fingerprint density at radius 2 is 2.10 bits per heavy atom. The second-order valence-electron chi connectivity index (χ2n) is 5.53. The molecule has 0 aliphatic carbocycles. The van der Waals surface area contributed by atoms with Crippen LogP contribution in [-0.2, 0) is 0 Å². The third-order valence-electron chi connectivity index (χ3n) is 4.00. The van der Waals surface area contributed by atoms with Gasteiger partial charge in [-0.25, -0.2) is 0 Å². The van der Waals surface area contributed by atoms with E-state index in [1.165, 1.54) is 18.2 Å². The lowest BCUT2D eigenvalue weighted by molar-refractivity contribution is 0.0540. The Morgan fingerprint density at radius 1 is 1.43 bits per heavy atom. The Labute approximate surface area is 124 Å². The summed E-state index contributed by atoms with van der Waals surface area (Å²) in [4.78, 5) is 16.6. The average Bonchev–Trinajstić information content (AvgIpc) is 2.48. The lowest BCUT2D eigenvalue weighted by Crippen LogP contribution is -2.47. The van der Waals surface area contributed by atoms with Gasteiger partial charge in [-0.05, 0) is 51.2 Å². The van der Waals surface area contributed by atoms with Crippen LogP contribution >= 0.6 is 0 Å². The quantitative estimate of drug-likeness (QED) is 0.556. The maximum Gasteiger partial charge on any atom is 0.256 e. The van der Waals surface area contributed by atoms with Gasteiger partial charge < -0.3 is 25.7 Å². The Bertz CT molecular complexity index is 499. The molecular formula is C15H23N3O3. The molecule has 0 bridgehead atoms. The molecule has 0 saturated carbocycles. The molecule has 1 fully saturated rings. The van der Waals surface area contributed by atoms with Crippen LogP contribution in [0.1, 0.15) is 23.2 Å². The van der Waals surface area contributed by atoms with Crippen molar-refractivity contribution < 1.29 is 15.0 Å². The van der Waals surface area contributed by atoms with E-state index in [0.717, 1.165) is 25.9 Å². The lowest BCUT2D eigenvalue weighted by atomic mass is 10.0. The second kappa shape index (κ2) is 6.78. The predicted octanol–water partition coefficient (Wildman–Crippen LogP) is 0.503. The van der Waals surface area contributed by atoms with E-state index < -0.39 is 0 Å².